The summed E-state index contributed by atoms with van der Waals surface area (Å²) in [6, 6.07) is 4.86. The maximum Gasteiger partial charge on any atom is 0.342 e. The minimum Gasteiger partial charge on any atom is -0.493 e. The minimum atomic E-state index is -0.644. The van der Waals surface area contributed by atoms with Crippen LogP contribution in [0.2, 0.25) is 0 Å². The van der Waals surface area contributed by atoms with E-state index in [0.717, 1.165) is 0 Å². The van der Waals surface area contributed by atoms with Gasteiger partial charge in [0, 0.05) is 5.54 Å². The van der Waals surface area contributed by atoms with E-state index < -0.39 is 5.97 Å². The first-order valence-electron chi connectivity index (χ1n) is 6.47. The van der Waals surface area contributed by atoms with Crippen molar-refractivity contribution >= 4 is 11.9 Å². The molecular weight excluding hydrogens is 274 g/mol. The zero-order chi connectivity index (χ0) is 16.0. The lowest BCUT2D eigenvalue weighted by Gasteiger charge is -2.20. The highest BCUT2D eigenvalue weighted by atomic mass is 16.5. The van der Waals surface area contributed by atoms with Gasteiger partial charge in [-0.2, -0.15) is 0 Å². The molecule has 0 atom stereocenters. The molecule has 0 bridgehead atoms. The number of para-hydroxylation sites is 1. The van der Waals surface area contributed by atoms with Gasteiger partial charge in [0.2, 0.25) is 0 Å². The van der Waals surface area contributed by atoms with Crippen LogP contribution >= 0.6 is 0 Å². The maximum absolute atomic E-state index is 12.0. The van der Waals surface area contributed by atoms with Gasteiger partial charge in [0.25, 0.3) is 5.91 Å². The van der Waals surface area contributed by atoms with E-state index in [-0.39, 0.29) is 29.4 Å². The van der Waals surface area contributed by atoms with Gasteiger partial charge in [-0.1, -0.05) is 6.07 Å². The van der Waals surface area contributed by atoms with Crippen LogP contribution in [0.25, 0.3) is 0 Å². The number of rotatable bonds is 5. The molecule has 0 aliphatic carbocycles. The van der Waals surface area contributed by atoms with Gasteiger partial charge >= 0.3 is 5.97 Å². The highest BCUT2D eigenvalue weighted by molar-refractivity contribution is 5.95. The minimum absolute atomic E-state index is 0.209. The highest BCUT2D eigenvalue weighted by Crippen LogP contribution is 2.30. The van der Waals surface area contributed by atoms with Gasteiger partial charge in [-0.05, 0) is 32.9 Å². The first-order valence-corrected chi connectivity index (χ1v) is 6.47. The van der Waals surface area contributed by atoms with Gasteiger partial charge in [0.05, 0.1) is 14.2 Å². The van der Waals surface area contributed by atoms with Crippen LogP contribution in [0.1, 0.15) is 31.1 Å². The predicted molar refractivity (Wildman–Crippen MR) is 77.7 cm³/mol. The topological polar surface area (TPSA) is 73.9 Å². The molecule has 0 aliphatic heterocycles. The summed E-state index contributed by atoms with van der Waals surface area (Å²) in [7, 11) is 2.91. The number of carbonyl (C=O) groups is 2. The molecule has 0 radical (unpaired) electrons. The number of carbonyl (C=O) groups excluding carboxylic acids is 2. The van der Waals surface area contributed by atoms with E-state index in [2.05, 4.69) is 5.32 Å². The fourth-order valence-electron chi connectivity index (χ4n) is 1.71. The molecule has 1 rings (SSSR count). The van der Waals surface area contributed by atoms with Gasteiger partial charge in [0.1, 0.15) is 5.56 Å². The van der Waals surface area contributed by atoms with Crippen LogP contribution in [0, 0.1) is 0 Å². The SMILES string of the molecule is COc1cccc(C(=O)OCC(=O)NC(C)(C)C)c1OC. The van der Waals surface area contributed by atoms with Crippen molar-refractivity contribution in [2.24, 2.45) is 0 Å². The van der Waals surface area contributed by atoms with Crippen LogP contribution in [0.4, 0.5) is 0 Å². The molecule has 1 amide bonds. The number of amides is 1. The van der Waals surface area contributed by atoms with Gasteiger partial charge < -0.3 is 19.5 Å². The molecule has 0 spiro atoms. The summed E-state index contributed by atoms with van der Waals surface area (Å²) in [5, 5.41) is 2.71. The van der Waals surface area contributed by atoms with Gasteiger partial charge in [-0.15, -0.1) is 0 Å². The Bertz CT molecular complexity index is 519. The summed E-state index contributed by atoms with van der Waals surface area (Å²) in [5.74, 6) is -0.306. The summed E-state index contributed by atoms with van der Waals surface area (Å²) >= 11 is 0. The largest absolute Gasteiger partial charge is 0.493 e. The third-order valence-electron chi connectivity index (χ3n) is 2.47. The Hall–Kier alpha value is -2.24. The molecule has 0 unspecified atom stereocenters. The summed E-state index contributed by atoms with van der Waals surface area (Å²) in [6.45, 7) is 5.18. The van der Waals surface area contributed by atoms with Crippen LogP contribution in [0.5, 0.6) is 11.5 Å². The first kappa shape index (κ1) is 16.8. The van der Waals surface area contributed by atoms with Gasteiger partial charge in [0.15, 0.2) is 18.1 Å². The molecule has 1 aromatic carbocycles. The second-order valence-electron chi connectivity index (χ2n) is 5.42. The quantitative estimate of drug-likeness (QED) is 0.838. The summed E-state index contributed by atoms with van der Waals surface area (Å²) in [4.78, 5) is 23.7. The van der Waals surface area contributed by atoms with E-state index in [1.165, 1.54) is 14.2 Å². The zero-order valence-electron chi connectivity index (χ0n) is 13.0. The predicted octanol–water partition coefficient (Wildman–Crippen LogP) is 1.78. The number of esters is 1. The summed E-state index contributed by atoms with van der Waals surface area (Å²) < 4.78 is 15.2. The molecule has 116 valence electrons. The summed E-state index contributed by atoms with van der Waals surface area (Å²) in [5.41, 5.74) is -0.169. The third kappa shape index (κ3) is 4.98. The van der Waals surface area contributed by atoms with Gasteiger partial charge in [-0.25, -0.2) is 4.79 Å². The van der Waals surface area contributed by atoms with E-state index in [9.17, 15) is 9.59 Å². The summed E-state index contributed by atoms with van der Waals surface area (Å²) in [6.07, 6.45) is 0. The van der Waals surface area contributed by atoms with Crippen molar-refractivity contribution in [1.29, 1.82) is 0 Å². The van der Waals surface area contributed by atoms with E-state index in [4.69, 9.17) is 14.2 Å². The monoisotopic (exact) mass is 295 g/mol. The Kier molecular flexibility index (Phi) is 5.58. The average Bonchev–Trinajstić information content (AvgIpc) is 2.41. The van der Waals surface area contributed by atoms with Gasteiger partial charge in [-0.3, -0.25) is 4.79 Å². The van der Waals surface area contributed by atoms with Crippen molar-refractivity contribution in [3.8, 4) is 11.5 Å². The fraction of sp³-hybridized carbons (Fsp3) is 0.467. The molecule has 1 N–H and O–H groups in total. The maximum atomic E-state index is 12.0. The van der Waals surface area contributed by atoms with E-state index in [0.29, 0.717) is 5.75 Å². The Morgan fingerprint density at radius 2 is 1.81 bits per heavy atom. The number of ether oxygens (including phenoxy) is 3. The number of benzene rings is 1. The zero-order valence-corrected chi connectivity index (χ0v) is 13.0. The normalized spacial score (nSPS) is 10.7. The van der Waals surface area contributed by atoms with Crippen LogP contribution in [0.3, 0.4) is 0 Å². The Labute approximate surface area is 124 Å². The molecule has 0 saturated heterocycles. The average molecular weight is 295 g/mol. The van der Waals surface area contributed by atoms with Crippen molar-refractivity contribution in [3.05, 3.63) is 23.8 Å². The lowest BCUT2D eigenvalue weighted by molar-refractivity contribution is -0.125. The van der Waals surface area contributed by atoms with E-state index >= 15 is 0 Å². The molecule has 6 nitrogen and oxygen atoms in total. The molecule has 6 heteroatoms. The fourth-order valence-corrected chi connectivity index (χ4v) is 1.71. The van der Waals surface area contributed by atoms with Crippen molar-refractivity contribution in [2.45, 2.75) is 26.3 Å². The second-order valence-corrected chi connectivity index (χ2v) is 5.42. The Morgan fingerprint density at radius 1 is 1.14 bits per heavy atom. The van der Waals surface area contributed by atoms with Crippen molar-refractivity contribution in [1.82, 2.24) is 5.32 Å². The van der Waals surface area contributed by atoms with Crippen LogP contribution in [0.15, 0.2) is 18.2 Å². The standard InChI is InChI=1S/C15H21NO5/c1-15(2,3)16-12(17)9-21-14(18)10-7-6-8-11(19-4)13(10)20-5/h6-8H,9H2,1-5H3,(H,16,17). The molecule has 1 aromatic rings. The van der Waals surface area contributed by atoms with Crippen LogP contribution in [-0.4, -0.2) is 38.2 Å². The molecular formula is C15H21NO5. The van der Waals surface area contributed by atoms with Crippen molar-refractivity contribution in [3.63, 3.8) is 0 Å². The van der Waals surface area contributed by atoms with Crippen LogP contribution in [-0.2, 0) is 9.53 Å². The molecule has 0 fully saturated rings. The Morgan fingerprint density at radius 3 is 2.33 bits per heavy atom. The molecule has 21 heavy (non-hydrogen) atoms. The highest BCUT2D eigenvalue weighted by Gasteiger charge is 2.20. The molecule has 0 aromatic heterocycles. The molecule has 0 aliphatic rings. The lowest BCUT2D eigenvalue weighted by atomic mass is 10.1. The van der Waals surface area contributed by atoms with E-state index in [1.807, 2.05) is 20.8 Å². The number of methoxy groups -OCH3 is 2. The van der Waals surface area contributed by atoms with Crippen molar-refractivity contribution < 1.29 is 23.8 Å². The molecule has 0 heterocycles. The number of hydrogen-bond donors (Lipinski definition) is 1. The van der Waals surface area contributed by atoms with E-state index in [1.54, 1.807) is 18.2 Å². The molecule has 0 saturated carbocycles. The van der Waals surface area contributed by atoms with Crippen LogP contribution < -0.4 is 14.8 Å². The smallest absolute Gasteiger partial charge is 0.342 e. The van der Waals surface area contributed by atoms with Crippen molar-refractivity contribution in [2.75, 3.05) is 20.8 Å². The first-order chi connectivity index (χ1) is 9.78. The lowest BCUT2D eigenvalue weighted by Crippen LogP contribution is -2.42. The number of hydrogen-bond acceptors (Lipinski definition) is 5. The second kappa shape index (κ2) is 6.97. The Balaban J connectivity index is 2.75. The number of nitrogens with one attached hydrogen (secondary N) is 1. The third-order valence-corrected chi connectivity index (χ3v) is 2.47.